The van der Waals surface area contributed by atoms with Crippen molar-refractivity contribution in [2.75, 3.05) is 5.32 Å². The van der Waals surface area contributed by atoms with Gasteiger partial charge in [0.25, 0.3) is 0 Å². The van der Waals surface area contributed by atoms with E-state index >= 15 is 0 Å². The highest BCUT2D eigenvalue weighted by Crippen LogP contribution is 2.16. The molecule has 0 atom stereocenters. The molecule has 1 amide bonds. The molecule has 2 heterocycles. The number of anilines is 1. The van der Waals surface area contributed by atoms with Crippen molar-refractivity contribution in [2.45, 2.75) is 13.3 Å². The van der Waals surface area contributed by atoms with E-state index < -0.39 is 5.97 Å². The second kappa shape index (κ2) is 4.96. The van der Waals surface area contributed by atoms with Gasteiger partial charge in [0.15, 0.2) is 5.82 Å². The number of carboxylic acids is 1. The van der Waals surface area contributed by atoms with Crippen molar-refractivity contribution in [3.8, 4) is 0 Å². The molecule has 0 saturated heterocycles. The molecule has 0 fully saturated rings. The minimum Gasteiger partial charge on any atom is -0.477 e. The third-order valence-corrected chi connectivity index (χ3v) is 2.88. The van der Waals surface area contributed by atoms with Crippen LogP contribution in [0, 0.1) is 6.92 Å². The Morgan fingerprint density at radius 3 is 2.94 bits per heavy atom. The third kappa shape index (κ3) is 2.54. The predicted octanol–water partition coefficient (Wildman–Crippen LogP) is 1.05. The summed E-state index contributed by atoms with van der Waals surface area (Å²) in [4.78, 5) is 26.6. The normalized spacial score (nSPS) is 10.3. The number of nitrogens with one attached hydrogen (secondary N) is 2. The van der Waals surface area contributed by atoms with E-state index in [1.54, 1.807) is 17.8 Å². The molecule has 0 aliphatic heterocycles. The highest BCUT2D eigenvalue weighted by Gasteiger charge is 2.19. The summed E-state index contributed by atoms with van der Waals surface area (Å²) in [5.74, 6) is -1.46. The topological polar surface area (TPSA) is 108 Å². The summed E-state index contributed by atoms with van der Waals surface area (Å²) in [7, 11) is 0. The number of aryl methyl sites for hydroxylation is 1. The van der Waals surface area contributed by atoms with Crippen LogP contribution >= 0.6 is 11.3 Å². The number of aromatic amines is 1. The van der Waals surface area contributed by atoms with Gasteiger partial charge in [0.1, 0.15) is 5.56 Å². The zero-order valence-corrected chi connectivity index (χ0v) is 10.2. The van der Waals surface area contributed by atoms with Crippen molar-refractivity contribution >= 4 is 29.0 Å². The number of rotatable bonds is 4. The fourth-order valence-electron chi connectivity index (χ4n) is 1.45. The molecule has 0 saturated carbocycles. The van der Waals surface area contributed by atoms with Crippen LogP contribution < -0.4 is 5.32 Å². The van der Waals surface area contributed by atoms with E-state index in [0.29, 0.717) is 11.4 Å². The van der Waals surface area contributed by atoms with Gasteiger partial charge in [0.2, 0.25) is 5.91 Å². The van der Waals surface area contributed by atoms with Gasteiger partial charge in [-0.05, 0) is 6.92 Å². The Balaban J connectivity index is 2.10. The summed E-state index contributed by atoms with van der Waals surface area (Å²) in [6.07, 6.45) is 0.0917. The van der Waals surface area contributed by atoms with Crippen LogP contribution in [0.2, 0.25) is 0 Å². The van der Waals surface area contributed by atoms with E-state index in [9.17, 15) is 9.59 Å². The number of thiazole rings is 1. The minimum atomic E-state index is -1.13. The van der Waals surface area contributed by atoms with Crippen LogP contribution in [0.3, 0.4) is 0 Å². The molecule has 0 unspecified atom stereocenters. The summed E-state index contributed by atoms with van der Waals surface area (Å²) in [5, 5.41) is 19.5. The largest absolute Gasteiger partial charge is 0.477 e. The molecule has 18 heavy (non-hydrogen) atoms. The van der Waals surface area contributed by atoms with Crippen LogP contribution in [0.15, 0.2) is 10.9 Å². The Bertz CT molecular complexity index is 576. The van der Waals surface area contributed by atoms with Gasteiger partial charge >= 0.3 is 5.97 Å². The monoisotopic (exact) mass is 266 g/mol. The maximum atomic E-state index is 11.7. The average Bonchev–Trinajstić information content (AvgIpc) is 2.88. The van der Waals surface area contributed by atoms with Gasteiger partial charge in [-0.3, -0.25) is 9.89 Å². The minimum absolute atomic E-state index is 0.0263. The van der Waals surface area contributed by atoms with Crippen LogP contribution in [0.25, 0.3) is 0 Å². The Hall–Kier alpha value is -2.22. The zero-order valence-electron chi connectivity index (χ0n) is 9.43. The molecule has 0 bridgehead atoms. The van der Waals surface area contributed by atoms with Crippen molar-refractivity contribution in [1.82, 2.24) is 15.2 Å². The standard InChI is InChI=1S/C10H10N4O3S/c1-5-8(10(16)17)9(14-13-5)12-7(15)2-6-3-18-4-11-6/h3-4H,2H2,1H3,(H,16,17)(H2,12,13,14,15). The highest BCUT2D eigenvalue weighted by molar-refractivity contribution is 7.07. The third-order valence-electron chi connectivity index (χ3n) is 2.24. The van der Waals surface area contributed by atoms with E-state index in [0.717, 1.165) is 0 Å². The van der Waals surface area contributed by atoms with Gasteiger partial charge in [-0.2, -0.15) is 5.10 Å². The van der Waals surface area contributed by atoms with Crippen LogP contribution in [0.1, 0.15) is 21.7 Å². The van der Waals surface area contributed by atoms with Gasteiger partial charge in [0.05, 0.1) is 17.6 Å². The van der Waals surface area contributed by atoms with E-state index in [2.05, 4.69) is 20.5 Å². The van der Waals surface area contributed by atoms with E-state index in [1.807, 2.05) is 0 Å². The fraction of sp³-hybridized carbons (Fsp3) is 0.200. The summed E-state index contributed by atoms with van der Waals surface area (Å²) in [6.45, 7) is 1.58. The number of carboxylic acid groups (broad SMARTS) is 1. The van der Waals surface area contributed by atoms with Gasteiger partial charge in [-0.15, -0.1) is 11.3 Å². The first-order valence-corrected chi connectivity index (χ1v) is 5.97. The Kier molecular flexibility index (Phi) is 3.38. The van der Waals surface area contributed by atoms with Crippen LogP contribution in [-0.4, -0.2) is 32.2 Å². The van der Waals surface area contributed by atoms with Crippen molar-refractivity contribution in [3.05, 3.63) is 27.8 Å². The number of H-pyrrole nitrogens is 1. The number of carbonyl (C=O) groups is 2. The lowest BCUT2D eigenvalue weighted by molar-refractivity contribution is -0.115. The number of nitrogens with zero attached hydrogens (tertiary/aromatic N) is 2. The van der Waals surface area contributed by atoms with Crippen molar-refractivity contribution in [2.24, 2.45) is 0 Å². The van der Waals surface area contributed by atoms with Crippen LogP contribution in [0.5, 0.6) is 0 Å². The molecular weight excluding hydrogens is 256 g/mol. The molecule has 8 heteroatoms. The second-order valence-corrected chi connectivity index (χ2v) is 4.30. The van der Waals surface area contributed by atoms with E-state index in [-0.39, 0.29) is 23.7 Å². The van der Waals surface area contributed by atoms with E-state index in [1.165, 1.54) is 11.3 Å². The maximum absolute atomic E-state index is 11.7. The number of carbonyl (C=O) groups excluding carboxylic acids is 1. The van der Waals surface area contributed by atoms with Gasteiger partial charge < -0.3 is 10.4 Å². The van der Waals surface area contributed by atoms with Gasteiger partial charge in [0, 0.05) is 11.1 Å². The number of aromatic nitrogens is 3. The van der Waals surface area contributed by atoms with Crippen LogP contribution in [0.4, 0.5) is 5.82 Å². The zero-order chi connectivity index (χ0) is 13.1. The Morgan fingerprint density at radius 1 is 1.56 bits per heavy atom. The first-order chi connectivity index (χ1) is 8.58. The molecule has 0 aromatic carbocycles. The fourth-order valence-corrected chi connectivity index (χ4v) is 2.01. The summed E-state index contributed by atoms with van der Waals surface area (Å²) in [5.41, 5.74) is 2.64. The Labute approximate surface area is 106 Å². The first kappa shape index (κ1) is 12.2. The number of aromatic carboxylic acids is 1. The SMILES string of the molecule is Cc1[nH]nc(NC(=O)Cc2cscn2)c1C(=O)O. The first-order valence-electron chi connectivity index (χ1n) is 5.03. The predicted molar refractivity (Wildman–Crippen MR) is 64.7 cm³/mol. The second-order valence-electron chi connectivity index (χ2n) is 3.58. The van der Waals surface area contributed by atoms with Crippen molar-refractivity contribution in [3.63, 3.8) is 0 Å². The molecule has 0 radical (unpaired) electrons. The lowest BCUT2D eigenvalue weighted by atomic mass is 10.2. The van der Waals surface area contributed by atoms with E-state index in [4.69, 9.17) is 5.11 Å². The molecule has 2 aromatic rings. The molecule has 0 aliphatic rings. The molecule has 2 rings (SSSR count). The van der Waals surface area contributed by atoms with Crippen molar-refractivity contribution < 1.29 is 14.7 Å². The van der Waals surface area contributed by atoms with Crippen molar-refractivity contribution in [1.29, 1.82) is 0 Å². The molecule has 2 aromatic heterocycles. The summed E-state index contributed by atoms with van der Waals surface area (Å²) < 4.78 is 0. The van der Waals surface area contributed by atoms with Gasteiger partial charge in [-0.1, -0.05) is 0 Å². The summed E-state index contributed by atoms with van der Waals surface area (Å²) in [6, 6.07) is 0. The van der Waals surface area contributed by atoms with Gasteiger partial charge in [-0.25, -0.2) is 9.78 Å². The average molecular weight is 266 g/mol. The molecular formula is C10H10N4O3S. The smallest absolute Gasteiger partial charge is 0.341 e. The number of hydrogen-bond donors (Lipinski definition) is 3. The lowest BCUT2D eigenvalue weighted by Gasteiger charge is -2.01. The highest BCUT2D eigenvalue weighted by atomic mass is 32.1. The number of amides is 1. The number of hydrogen-bond acceptors (Lipinski definition) is 5. The molecule has 0 spiro atoms. The molecule has 3 N–H and O–H groups in total. The summed E-state index contributed by atoms with van der Waals surface area (Å²) >= 11 is 1.39. The molecule has 0 aliphatic carbocycles. The Morgan fingerprint density at radius 2 is 2.33 bits per heavy atom. The van der Waals surface area contributed by atoms with Crippen LogP contribution in [-0.2, 0) is 11.2 Å². The molecule has 7 nitrogen and oxygen atoms in total. The lowest BCUT2D eigenvalue weighted by Crippen LogP contribution is -2.17. The quantitative estimate of drug-likeness (QED) is 0.766. The maximum Gasteiger partial charge on any atom is 0.341 e. The molecule has 94 valence electrons.